The zero-order chi connectivity index (χ0) is 13.3. The van der Waals surface area contributed by atoms with Crippen molar-refractivity contribution in [2.45, 2.75) is 38.5 Å². The van der Waals surface area contributed by atoms with Gasteiger partial charge in [0.15, 0.2) is 0 Å². The number of aliphatic carboxylic acids is 1. The first-order chi connectivity index (χ1) is 9.20. The number of aromatic nitrogens is 2. The molecular weight excluding hydrogens is 260 g/mol. The summed E-state index contributed by atoms with van der Waals surface area (Å²) in [6.45, 7) is 0. The molecule has 0 aliphatic heterocycles. The first-order valence-electron chi connectivity index (χ1n) is 6.62. The van der Waals surface area contributed by atoms with Crippen LogP contribution >= 0.6 is 11.3 Å². The van der Waals surface area contributed by atoms with Crippen molar-refractivity contribution in [2.24, 2.45) is 5.41 Å². The van der Waals surface area contributed by atoms with Crippen LogP contribution in [-0.4, -0.2) is 21.0 Å². The summed E-state index contributed by atoms with van der Waals surface area (Å²) in [7, 11) is 0. The van der Waals surface area contributed by atoms with Crippen LogP contribution in [0.3, 0.4) is 0 Å². The predicted molar refractivity (Wildman–Crippen MR) is 74.3 cm³/mol. The second-order valence-electron chi connectivity index (χ2n) is 5.27. The molecule has 1 saturated carbocycles. The third-order valence-electron chi connectivity index (χ3n) is 3.99. The minimum atomic E-state index is -0.662. The van der Waals surface area contributed by atoms with Gasteiger partial charge in [0.05, 0.1) is 26.8 Å². The lowest BCUT2D eigenvalue weighted by Gasteiger charge is -2.32. The maximum Gasteiger partial charge on any atom is 0.310 e. The van der Waals surface area contributed by atoms with E-state index in [-0.39, 0.29) is 0 Å². The van der Waals surface area contributed by atoms with Gasteiger partial charge in [0.1, 0.15) is 0 Å². The molecule has 1 aliphatic carbocycles. The number of pyridine rings is 1. The van der Waals surface area contributed by atoms with Crippen molar-refractivity contribution in [1.29, 1.82) is 0 Å². The zero-order valence-electron chi connectivity index (χ0n) is 10.6. The van der Waals surface area contributed by atoms with E-state index >= 15 is 0 Å². The molecule has 2 aromatic rings. The van der Waals surface area contributed by atoms with Crippen LogP contribution in [0.25, 0.3) is 10.2 Å². The number of carboxylic acids is 1. The number of carbonyl (C=O) groups is 1. The van der Waals surface area contributed by atoms with Crippen molar-refractivity contribution in [3.63, 3.8) is 0 Å². The summed E-state index contributed by atoms with van der Waals surface area (Å²) in [5.41, 5.74) is 0.276. The fraction of sp³-hybridized carbons (Fsp3) is 0.500. The molecule has 1 aliphatic rings. The molecule has 1 N–H and O–H groups in total. The molecule has 0 unspecified atom stereocenters. The lowest BCUT2D eigenvalue weighted by Crippen LogP contribution is -2.35. The standard InChI is InChI=1S/C14H16N2O2S/c17-13(18)14(5-2-1-3-6-14)8-12-16-10-9-15-7-4-11(10)19-12/h4,7,9H,1-3,5-6,8H2,(H,17,18). The van der Waals surface area contributed by atoms with Crippen molar-refractivity contribution >= 4 is 27.5 Å². The van der Waals surface area contributed by atoms with Gasteiger partial charge in [-0.1, -0.05) is 19.3 Å². The highest BCUT2D eigenvalue weighted by Gasteiger charge is 2.40. The maximum absolute atomic E-state index is 11.7. The van der Waals surface area contributed by atoms with Gasteiger partial charge in [-0.05, 0) is 18.9 Å². The number of hydrogen-bond donors (Lipinski definition) is 1. The van der Waals surface area contributed by atoms with Crippen molar-refractivity contribution in [3.05, 3.63) is 23.5 Å². The van der Waals surface area contributed by atoms with Crippen LogP contribution < -0.4 is 0 Å². The van der Waals surface area contributed by atoms with Crippen LogP contribution in [0, 0.1) is 5.41 Å². The third-order valence-corrected chi connectivity index (χ3v) is 5.02. The normalized spacial score (nSPS) is 18.5. The number of hydrogen-bond acceptors (Lipinski definition) is 4. The Kier molecular flexibility index (Phi) is 3.22. The van der Waals surface area contributed by atoms with Gasteiger partial charge in [-0.2, -0.15) is 0 Å². The molecule has 3 rings (SSSR count). The molecule has 0 bridgehead atoms. The van der Waals surface area contributed by atoms with Gasteiger partial charge in [0.2, 0.25) is 0 Å². The number of nitrogens with zero attached hydrogens (tertiary/aromatic N) is 2. The number of thiazole rings is 1. The van der Waals surface area contributed by atoms with Crippen molar-refractivity contribution in [2.75, 3.05) is 0 Å². The van der Waals surface area contributed by atoms with Crippen LogP contribution in [-0.2, 0) is 11.2 Å². The molecule has 100 valence electrons. The van der Waals surface area contributed by atoms with E-state index in [4.69, 9.17) is 0 Å². The summed E-state index contributed by atoms with van der Waals surface area (Å²) < 4.78 is 1.08. The van der Waals surface area contributed by atoms with E-state index in [0.29, 0.717) is 6.42 Å². The van der Waals surface area contributed by atoms with Crippen LogP contribution in [0.15, 0.2) is 18.5 Å². The summed E-state index contributed by atoms with van der Waals surface area (Å²) in [4.78, 5) is 20.2. The molecule has 4 nitrogen and oxygen atoms in total. The van der Waals surface area contributed by atoms with E-state index in [0.717, 1.165) is 47.3 Å². The Hall–Kier alpha value is -1.49. The van der Waals surface area contributed by atoms with E-state index < -0.39 is 11.4 Å². The molecule has 0 radical (unpaired) electrons. The molecule has 0 spiro atoms. The predicted octanol–water partition coefficient (Wildman–Crippen LogP) is 3.27. The van der Waals surface area contributed by atoms with Gasteiger partial charge >= 0.3 is 5.97 Å². The van der Waals surface area contributed by atoms with Crippen LogP contribution in [0.4, 0.5) is 0 Å². The number of fused-ring (bicyclic) bond motifs is 1. The van der Waals surface area contributed by atoms with E-state index in [1.165, 1.54) is 0 Å². The van der Waals surface area contributed by atoms with E-state index in [2.05, 4.69) is 9.97 Å². The SMILES string of the molecule is O=C(O)C1(Cc2nc3cnccc3s2)CCCCC1. The Balaban J connectivity index is 1.91. The first kappa shape index (κ1) is 12.5. The fourth-order valence-electron chi connectivity index (χ4n) is 2.89. The second-order valence-corrected chi connectivity index (χ2v) is 6.39. The number of rotatable bonds is 3. The van der Waals surface area contributed by atoms with Gasteiger partial charge in [-0.3, -0.25) is 9.78 Å². The molecule has 2 aromatic heterocycles. The second kappa shape index (κ2) is 4.89. The van der Waals surface area contributed by atoms with E-state index in [9.17, 15) is 9.90 Å². The summed E-state index contributed by atoms with van der Waals surface area (Å²) >= 11 is 1.59. The molecule has 1 fully saturated rings. The average molecular weight is 276 g/mol. The molecule has 0 saturated heterocycles. The maximum atomic E-state index is 11.7. The summed E-state index contributed by atoms with van der Waals surface area (Å²) in [5, 5.41) is 10.5. The van der Waals surface area contributed by atoms with Crippen LogP contribution in [0.1, 0.15) is 37.1 Å². The largest absolute Gasteiger partial charge is 0.481 e. The quantitative estimate of drug-likeness (QED) is 0.934. The van der Waals surface area contributed by atoms with Gasteiger partial charge in [0.25, 0.3) is 0 Å². The van der Waals surface area contributed by atoms with Gasteiger partial charge in [-0.15, -0.1) is 11.3 Å². The molecule has 19 heavy (non-hydrogen) atoms. The first-order valence-corrected chi connectivity index (χ1v) is 7.44. The smallest absolute Gasteiger partial charge is 0.310 e. The molecule has 0 atom stereocenters. The minimum absolute atomic E-state index is 0.557. The monoisotopic (exact) mass is 276 g/mol. The Morgan fingerprint density at radius 3 is 2.84 bits per heavy atom. The van der Waals surface area contributed by atoms with Crippen molar-refractivity contribution in [3.8, 4) is 0 Å². The summed E-state index contributed by atoms with van der Waals surface area (Å²) in [6.07, 6.45) is 8.77. The zero-order valence-corrected chi connectivity index (χ0v) is 11.4. The minimum Gasteiger partial charge on any atom is -0.481 e. The molecule has 5 heteroatoms. The highest BCUT2D eigenvalue weighted by Crippen LogP contribution is 2.40. The van der Waals surface area contributed by atoms with Crippen molar-refractivity contribution in [1.82, 2.24) is 9.97 Å². The van der Waals surface area contributed by atoms with Crippen LogP contribution in [0.5, 0.6) is 0 Å². The molecule has 0 aromatic carbocycles. The van der Waals surface area contributed by atoms with Gasteiger partial charge in [0, 0.05) is 12.6 Å². The topological polar surface area (TPSA) is 63.1 Å². The highest BCUT2D eigenvalue weighted by molar-refractivity contribution is 7.18. The summed E-state index contributed by atoms with van der Waals surface area (Å²) in [5.74, 6) is -0.662. The third kappa shape index (κ3) is 2.34. The average Bonchev–Trinajstić information content (AvgIpc) is 2.81. The van der Waals surface area contributed by atoms with Crippen LogP contribution in [0.2, 0.25) is 0 Å². The molecule has 0 amide bonds. The van der Waals surface area contributed by atoms with E-state index in [1.807, 2.05) is 6.07 Å². The summed E-state index contributed by atoms with van der Waals surface area (Å²) in [6, 6.07) is 1.94. The Labute approximate surface area is 115 Å². The Morgan fingerprint density at radius 2 is 2.16 bits per heavy atom. The lowest BCUT2D eigenvalue weighted by atomic mass is 9.72. The highest BCUT2D eigenvalue weighted by atomic mass is 32.1. The molecule has 2 heterocycles. The van der Waals surface area contributed by atoms with E-state index in [1.54, 1.807) is 23.7 Å². The lowest BCUT2D eigenvalue weighted by molar-refractivity contribution is -0.151. The Morgan fingerprint density at radius 1 is 1.37 bits per heavy atom. The van der Waals surface area contributed by atoms with Gasteiger partial charge < -0.3 is 5.11 Å². The number of carboxylic acid groups (broad SMARTS) is 1. The fourth-order valence-corrected chi connectivity index (χ4v) is 3.97. The van der Waals surface area contributed by atoms with Crippen molar-refractivity contribution < 1.29 is 9.90 Å². The van der Waals surface area contributed by atoms with Gasteiger partial charge in [-0.25, -0.2) is 4.98 Å². The Bertz CT molecular complexity index is 569. The molecular formula is C14H16N2O2S.